The molecule has 3 rings (SSSR count). The molecule has 1 N–H and O–H groups in total. The highest BCUT2D eigenvalue weighted by molar-refractivity contribution is 7.88. The Bertz CT molecular complexity index is 733. The van der Waals surface area contributed by atoms with Crippen molar-refractivity contribution in [3.63, 3.8) is 0 Å². The van der Waals surface area contributed by atoms with E-state index in [1.165, 1.54) is 0 Å². The van der Waals surface area contributed by atoms with Crippen molar-refractivity contribution in [1.82, 2.24) is 19.2 Å². The fourth-order valence-corrected chi connectivity index (χ4v) is 4.51. The van der Waals surface area contributed by atoms with Crippen LogP contribution in [-0.4, -0.2) is 41.9 Å². The molecule has 0 amide bonds. The number of rotatable bonds is 4. The molecule has 0 radical (unpaired) electrons. The van der Waals surface area contributed by atoms with Crippen molar-refractivity contribution in [2.24, 2.45) is 7.05 Å². The van der Waals surface area contributed by atoms with E-state index >= 15 is 0 Å². The molecule has 1 unspecified atom stereocenters. The van der Waals surface area contributed by atoms with Gasteiger partial charge in [-0.1, -0.05) is 30.3 Å². The lowest BCUT2D eigenvalue weighted by molar-refractivity contribution is 0.258. The smallest absolute Gasteiger partial charge is 0.219 e. The first-order valence-corrected chi connectivity index (χ1v) is 8.90. The van der Waals surface area contributed by atoms with Crippen LogP contribution in [-0.2, 0) is 22.8 Å². The van der Waals surface area contributed by atoms with Gasteiger partial charge in [-0.2, -0.15) is 4.31 Å². The van der Waals surface area contributed by atoms with E-state index in [0.717, 1.165) is 11.4 Å². The molecule has 8 heteroatoms. The molecule has 1 aliphatic heterocycles. The number of aryl methyl sites for hydroxylation is 1. The van der Waals surface area contributed by atoms with E-state index in [0.29, 0.717) is 19.6 Å². The molecule has 0 saturated carbocycles. The number of sulfonamides is 1. The number of imidazole rings is 1. The highest BCUT2D eigenvalue weighted by atomic mass is 35.5. The Kier molecular flexibility index (Phi) is 5.80. The Morgan fingerprint density at radius 1 is 1.30 bits per heavy atom. The number of nitrogens with one attached hydrogen (secondary N) is 1. The van der Waals surface area contributed by atoms with Gasteiger partial charge < -0.3 is 9.88 Å². The third-order valence-corrected chi connectivity index (χ3v) is 5.75. The number of hydrogen-bond donors (Lipinski definition) is 1. The van der Waals surface area contributed by atoms with Crippen LogP contribution in [0.1, 0.15) is 17.4 Å². The average Bonchev–Trinajstić information content (AvgIpc) is 2.94. The molecule has 2 heterocycles. The first-order valence-electron chi connectivity index (χ1n) is 7.29. The Hall–Kier alpha value is -1.41. The maximum absolute atomic E-state index is 12.8. The number of benzene rings is 1. The van der Waals surface area contributed by atoms with Gasteiger partial charge in [0.1, 0.15) is 5.82 Å². The molecular formula is C15H21ClN4O2S. The molecular weight excluding hydrogens is 336 g/mol. The molecule has 1 aliphatic rings. The molecule has 1 atom stereocenters. The van der Waals surface area contributed by atoms with Crippen LogP contribution in [0.3, 0.4) is 0 Å². The lowest BCUT2D eigenvalue weighted by Crippen LogP contribution is -2.49. The molecule has 23 heavy (non-hydrogen) atoms. The highest BCUT2D eigenvalue weighted by Gasteiger charge is 2.35. The molecule has 126 valence electrons. The third kappa shape index (κ3) is 3.92. The van der Waals surface area contributed by atoms with Gasteiger partial charge in [0.25, 0.3) is 0 Å². The van der Waals surface area contributed by atoms with Gasteiger partial charge in [0.05, 0.1) is 11.8 Å². The van der Waals surface area contributed by atoms with Crippen LogP contribution in [0.2, 0.25) is 0 Å². The highest BCUT2D eigenvalue weighted by Crippen LogP contribution is 2.25. The van der Waals surface area contributed by atoms with Crippen molar-refractivity contribution >= 4 is 22.4 Å². The van der Waals surface area contributed by atoms with E-state index in [4.69, 9.17) is 0 Å². The molecule has 0 aliphatic carbocycles. The molecule has 1 saturated heterocycles. The first kappa shape index (κ1) is 17.9. The van der Waals surface area contributed by atoms with E-state index < -0.39 is 10.0 Å². The minimum absolute atomic E-state index is 0. The Morgan fingerprint density at radius 2 is 2.04 bits per heavy atom. The first-order chi connectivity index (χ1) is 10.6. The third-order valence-electron chi connectivity index (χ3n) is 3.90. The zero-order valence-corrected chi connectivity index (χ0v) is 14.6. The lowest BCUT2D eigenvalue weighted by atomic mass is 10.2. The number of halogens is 1. The quantitative estimate of drug-likeness (QED) is 0.897. The minimum Gasteiger partial charge on any atom is -0.337 e. The fraction of sp³-hybridized carbons (Fsp3) is 0.400. The maximum Gasteiger partial charge on any atom is 0.219 e. The fourth-order valence-electron chi connectivity index (χ4n) is 2.80. The second kappa shape index (κ2) is 7.44. The zero-order chi connectivity index (χ0) is 15.6. The topological polar surface area (TPSA) is 67.2 Å². The van der Waals surface area contributed by atoms with Crippen LogP contribution in [0.15, 0.2) is 42.7 Å². The van der Waals surface area contributed by atoms with Crippen LogP contribution in [0.4, 0.5) is 0 Å². The van der Waals surface area contributed by atoms with Crippen LogP contribution < -0.4 is 5.32 Å². The van der Waals surface area contributed by atoms with Crippen LogP contribution in [0.25, 0.3) is 0 Å². The van der Waals surface area contributed by atoms with Gasteiger partial charge in [-0.05, 0) is 5.56 Å². The van der Waals surface area contributed by atoms with Crippen molar-refractivity contribution in [1.29, 1.82) is 0 Å². The predicted octanol–water partition coefficient (Wildman–Crippen LogP) is 1.32. The SMILES string of the molecule is Cl.Cn1ccnc1C1CNCCN1S(=O)(=O)Cc1ccccc1. The van der Waals surface area contributed by atoms with Crippen molar-refractivity contribution in [3.05, 3.63) is 54.1 Å². The average molecular weight is 357 g/mol. The molecule has 1 aromatic heterocycles. The summed E-state index contributed by atoms with van der Waals surface area (Å²) in [4.78, 5) is 4.33. The van der Waals surface area contributed by atoms with E-state index in [9.17, 15) is 8.42 Å². The number of aromatic nitrogens is 2. The van der Waals surface area contributed by atoms with Crippen molar-refractivity contribution in [2.75, 3.05) is 19.6 Å². The van der Waals surface area contributed by atoms with E-state index in [-0.39, 0.29) is 24.2 Å². The van der Waals surface area contributed by atoms with Gasteiger partial charge >= 0.3 is 0 Å². The largest absolute Gasteiger partial charge is 0.337 e. The van der Waals surface area contributed by atoms with Crippen molar-refractivity contribution in [3.8, 4) is 0 Å². The minimum atomic E-state index is -3.39. The van der Waals surface area contributed by atoms with Crippen LogP contribution in [0, 0.1) is 0 Å². The number of nitrogens with zero attached hydrogens (tertiary/aromatic N) is 3. The van der Waals surface area contributed by atoms with E-state index in [1.807, 2.05) is 48.1 Å². The van der Waals surface area contributed by atoms with Crippen LogP contribution in [0.5, 0.6) is 0 Å². The summed E-state index contributed by atoms with van der Waals surface area (Å²) in [5.41, 5.74) is 0.805. The van der Waals surface area contributed by atoms with E-state index in [2.05, 4.69) is 10.3 Å². The molecule has 2 aromatic rings. The summed E-state index contributed by atoms with van der Waals surface area (Å²) in [6, 6.07) is 9.03. The van der Waals surface area contributed by atoms with Crippen molar-refractivity contribution < 1.29 is 8.42 Å². The standard InChI is InChI=1S/C15H20N4O2S.ClH/c1-18-9-8-17-15(18)14-11-16-7-10-19(14)22(20,21)12-13-5-3-2-4-6-13;/h2-6,8-9,14,16H,7,10-12H2,1H3;1H. The van der Waals surface area contributed by atoms with Crippen LogP contribution >= 0.6 is 12.4 Å². The van der Waals surface area contributed by atoms with Gasteiger partial charge in [-0.3, -0.25) is 0 Å². The molecule has 1 aromatic carbocycles. The summed E-state index contributed by atoms with van der Waals surface area (Å²) in [7, 11) is -1.50. The van der Waals surface area contributed by atoms with Gasteiger partial charge in [0, 0.05) is 39.1 Å². The Morgan fingerprint density at radius 3 is 2.70 bits per heavy atom. The lowest BCUT2D eigenvalue weighted by Gasteiger charge is -2.34. The maximum atomic E-state index is 12.8. The normalized spacial score (nSPS) is 19.3. The summed E-state index contributed by atoms with van der Waals surface area (Å²) in [6.07, 6.45) is 3.54. The summed E-state index contributed by atoms with van der Waals surface area (Å²) < 4.78 is 29.1. The van der Waals surface area contributed by atoms with Gasteiger partial charge in [0.2, 0.25) is 10.0 Å². The molecule has 6 nitrogen and oxygen atoms in total. The van der Waals surface area contributed by atoms with Gasteiger partial charge in [-0.15, -0.1) is 12.4 Å². The molecule has 1 fully saturated rings. The van der Waals surface area contributed by atoms with E-state index in [1.54, 1.807) is 10.5 Å². The summed E-state index contributed by atoms with van der Waals surface area (Å²) in [5, 5.41) is 3.26. The summed E-state index contributed by atoms with van der Waals surface area (Å²) in [6.45, 7) is 1.71. The molecule has 0 spiro atoms. The summed E-state index contributed by atoms with van der Waals surface area (Å²) in [5.74, 6) is 0.790. The van der Waals surface area contributed by atoms with Gasteiger partial charge in [-0.25, -0.2) is 13.4 Å². The monoisotopic (exact) mass is 356 g/mol. The van der Waals surface area contributed by atoms with Crippen molar-refractivity contribution in [2.45, 2.75) is 11.8 Å². The van der Waals surface area contributed by atoms with Gasteiger partial charge in [0.15, 0.2) is 0 Å². The Labute approximate surface area is 143 Å². The number of hydrogen-bond acceptors (Lipinski definition) is 4. The zero-order valence-electron chi connectivity index (χ0n) is 12.9. The second-order valence-corrected chi connectivity index (χ2v) is 7.39. The molecule has 0 bridgehead atoms. The second-order valence-electron chi connectivity index (χ2n) is 5.47. The predicted molar refractivity (Wildman–Crippen MR) is 91.8 cm³/mol. The summed E-state index contributed by atoms with van der Waals surface area (Å²) >= 11 is 0. The Balaban J connectivity index is 0.00000192. The number of piperazine rings is 1.